The molecule has 0 spiro atoms. The summed E-state index contributed by atoms with van der Waals surface area (Å²) in [6.07, 6.45) is 3.67. The summed E-state index contributed by atoms with van der Waals surface area (Å²) in [6, 6.07) is 8.63. The maximum atomic E-state index is 12.1. The zero-order valence-corrected chi connectivity index (χ0v) is 12.4. The van der Waals surface area contributed by atoms with Crippen LogP contribution in [0.1, 0.15) is 29.6 Å². The Morgan fingerprint density at radius 3 is 2.77 bits per heavy atom. The molecule has 1 aliphatic rings. The van der Waals surface area contributed by atoms with Gasteiger partial charge in [-0.25, -0.2) is 9.59 Å². The molecule has 0 atom stereocenters. The number of piperidine rings is 1. The van der Waals surface area contributed by atoms with E-state index in [1.165, 1.54) is 25.3 Å². The molecule has 0 bridgehead atoms. The number of fused-ring (bicyclic) bond motifs is 1. The standard InChI is InChI=1S/C17H19NO4/c19-16(21-11-10-18-8-4-1-5-9-18)14-12-13-6-2-3-7-15(13)22-17(14)20/h2-3,6-7,12H,1,4-5,8-11H2. The number of hydrogen-bond donors (Lipinski definition) is 0. The molecule has 22 heavy (non-hydrogen) atoms. The third-order valence-electron chi connectivity index (χ3n) is 3.95. The van der Waals surface area contributed by atoms with Gasteiger partial charge in [0.05, 0.1) is 0 Å². The Kier molecular flexibility index (Phi) is 4.53. The van der Waals surface area contributed by atoms with Crippen molar-refractivity contribution in [3.05, 3.63) is 46.3 Å². The first-order chi connectivity index (χ1) is 10.7. The van der Waals surface area contributed by atoms with Crippen LogP contribution in [-0.4, -0.2) is 37.1 Å². The largest absolute Gasteiger partial charge is 0.461 e. The van der Waals surface area contributed by atoms with Gasteiger partial charge in [0, 0.05) is 11.9 Å². The lowest BCUT2D eigenvalue weighted by atomic mass is 10.1. The molecule has 116 valence electrons. The van der Waals surface area contributed by atoms with E-state index in [1.54, 1.807) is 18.2 Å². The van der Waals surface area contributed by atoms with Crippen LogP contribution in [0.15, 0.2) is 39.5 Å². The number of nitrogens with zero attached hydrogens (tertiary/aromatic N) is 1. The first kappa shape index (κ1) is 14.8. The van der Waals surface area contributed by atoms with E-state index < -0.39 is 11.6 Å². The minimum Gasteiger partial charge on any atom is -0.461 e. The van der Waals surface area contributed by atoms with Crippen molar-refractivity contribution in [2.24, 2.45) is 0 Å². The van der Waals surface area contributed by atoms with Gasteiger partial charge >= 0.3 is 11.6 Å². The molecule has 2 aromatic rings. The van der Waals surface area contributed by atoms with Crippen molar-refractivity contribution in [3.63, 3.8) is 0 Å². The lowest BCUT2D eigenvalue weighted by molar-refractivity contribution is 0.0447. The van der Waals surface area contributed by atoms with Crippen LogP contribution in [0.5, 0.6) is 0 Å². The third kappa shape index (κ3) is 3.36. The highest BCUT2D eigenvalue weighted by atomic mass is 16.5. The van der Waals surface area contributed by atoms with Gasteiger partial charge in [-0.05, 0) is 38.1 Å². The molecule has 1 aliphatic heterocycles. The van der Waals surface area contributed by atoms with Crippen molar-refractivity contribution < 1.29 is 13.9 Å². The van der Waals surface area contributed by atoms with E-state index in [2.05, 4.69) is 4.90 Å². The molecule has 0 N–H and O–H groups in total. The van der Waals surface area contributed by atoms with Crippen molar-refractivity contribution >= 4 is 16.9 Å². The second-order valence-corrected chi connectivity index (χ2v) is 5.52. The lowest BCUT2D eigenvalue weighted by Crippen LogP contribution is -2.33. The summed E-state index contributed by atoms with van der Waals surface area (Å²) in [7, 11) is 0. The number of para-hydroxylation sites is 1. The first-order valence-corrected chi connectivity index (χ1v) is 7.66. The van der Waals surface area contributed by atoms with Crippen LogP contribution in [0.3, 0.4) is 0 Å². The summed E-state index contributed by atoms with van der Waals surface area (Å²) >= 11 is 0. The predicted molar refractivity (Wildman–Crippen MR) is 83.1 cm³/mol. The van der Waals surface area contributed by atoms with Crippen LogP contribution >= 0.6 is 0 Å². The van der Waals surface area contributed by atoms with Crippen LogP contribution < -0.4 is 5.63 Å². The highest BCUT2D eigenvalue weighted by Crippen LogP contribution is 2.13. The van der Waals surface area contributed by atoms with Crippen molar-refractivity contribution in [1.82, 2.24) is 4.90 Å². The fourth-order valence-corrected chi connectivity index (χ4v) is 2.73. The summed E-state index contributed by atoms with van der Waals surface area (Å²) in [6.45, 7) is 3.11. The molecule has 5 nitrogen and oxygen atoms in total. The highest BCUT2D eigenvalue weighted by molar-refractivity contribution is 5.92. The van der Waals surface area contributed by atoms with E-state index in [4.69, 9.17) is 9.15 Å². The SMILES string of the molecule is O=C(OCCN1CCCCC1)c1cc2ccccc2oc1=O. The normalized spacial score (nSPS) is 15.8. The Labute approximate surface area is 128 Å². The van der Waals surface area contributed by atoms with Crippen LogP contribution in [0, 0.1) is 0 Å². The van der Waals surface area contributed by atoms with Crippen molar-refractivity contribution in [2.45, 2.75) is 19.3 Å². The van der Waals surface area contributed by atoms with Crippen molar-refractivity contribution in [2.75, 3.05) is 26.2 Å². The van der Waals surface area contributed by atoms with E-state index in [1.807, 2.05) is 6.07 Å². The summed E-state index contributed by atoms with van der Waals surface area (Å²) in [5.41, 5.74) is -0.226. The van der Waals surface area contributed by atoms with Gasteiger partial charge in [-0.15, -0.1) is 0 Å². The molecule has 0 unspecified atom stereocenters. The molecule has 2 heterocycles. The molecule has 1 aromatic carbocycles. The Hall–Kier alpha value is -2.14. The topological polar surface area (TPSA) is 59.8 Å². The van der Waals surface area contributed by atoms with E-state index in [9.17, 15) is 9.59 Å². The minimum absolute atomic E-state index is 0.0441. The molecular weight excluding hydrogens is 282 g/mol. The molecule has 0 saturated carbocycles. The molecule has 0 radical (unpaired) electrons. The van der Waals surface area contributed by atoms with Gasteiger partial charge in [0.2, 0.25) is 0 Å². The third-order valence-corrected chi connectivity index (χ3v) is 3.95. The fourth-order valence-electron chi connectivity index (χ4n) is 2.73. The van der Waals surface area contributed by atoms with Crippen LogP contribution in [0.2, 0.25) is 0 Å². The number of likely N-dealkylation sites (tertiary alicyclic amines) is 1. The van der Waals surface area contributed by atoms with Crippen LogP contribution in [0.25, 0.3) is 11.0 Å². The van der Waals surface area contributed by atoms with Gasteiger partial charge in [0.25, 0.3) is 0 Å². The molecule has 1 fully saturated rings. The Bertz CT molecular complexity index is 716. The van der Waals surface area contributed by atoms with E-state index in [0.29, 0.717) is 24.1 Å². The zero-order valence-electron chi connectivity index (χ0n) is 12.4. The van der Waals surface area contributed by atoms with Gasteiger partial charge in [-0.3, -0.25) is 4.90 Å². The van der Waals surface area contributed by atoms with E-state index >= 15 is 0 Å². The summed E-state index contributed by atoms with van der Waals surface area (Å²) in [4.78, 5) is 26.2. The number of benzene rings is 1. The summed E-state index contributed by atoms with van der Waals surface area (Å²) in [5.74, 6) is -0.614. The number of carbonyl (C=O) groups is 1. The molecule has 1 saturated heterocycles. The molecule has 0 aliphatic carbocycles. The summed E-state index contributed by atoms with van der Waals surface area (Å²) in [5, 5.41) is 0.713. The number of esters is 1. The van der Waals surface area contributed by atoms with Crippen molar-refractivity contribution in [1.29, 1.82) is 0 Å². The highest BCUT2D eigenvalue weighted by Gasteiger charge is 2.16. The molecular formula is C17H19NO4. The van der Waals surface area contributed by atoms with E-state index in [-0.39, 0.29) is 5.56 Å². The van der Waals surface area contributed by atoms with Crippen molar-refractivity contribution in [3.8, 4) is 0 Å². The van der Waals surface area contributed by atoms with Crippen LogP contribution in [-0.2, 0) is 4.74 Å². The first-order valence-electron chi connectivity index (χ1n) is 7.66. The van der Waals surface area contributed by atoms with Gasteiger partial charge in [0.1, 0.15) is 17.8 Å². The smallest absolute Gasteiger partial charge is 0.351 e. The quantitative estimate of drug-likeness (QED) is 0.641. The molecule has 0 amide bonds. The van der Waals surface area contributed by atoms with Gasteiger partial charge in [0.15, 0.2) is 0 Å². The maximum absolute atomic E-state index is 12.1. The van der Waals surface area contributed by atoms with E-state index in [0.717, 1.165) is 13.1 Å². The minimum atomic E-state index is -0.651. The maximum Gasteiger partial charge on any atom is 0.351 e. The van der Waals surface area contributed by atoms with Gasteiger partial charge in [-0.1, -0.05) is 24.6 Å². The fraction of sp³-hybridized carbons (Fsp3) is 0.412. The second-order valence-electron chi connectivity index (χ2n) is 5.52. The molecule has 1 aromatic heterocycles. The van der Waals surface area contributed by atoms with Crippen LogP contribution in [0.4, 0.5) is 0 Å². The van der Waals surface area contributed by atoms with Gasteiger partial charge < -0.3 is 9.15 Å². The Morgan fingerprint density at radius 2 is 1.95 bits per heavy atom. The predicted octanol–water partition coefficient (Wildman–Crippen LogP) is 2.44. The zero-order chi connectivity index (χ0) is 15.4. The summed E-state index contributed by atoms with van der Waals surface area (Å²) < 4.78 is 10.4. The molecule has 5 heteroatoms. The number of rotatable bonds is 4. The number of carbonyl (C=O) groups excluding carboxylic acids is 1. The average Bonchev–Trinajstić information content (AvgIpc) is 2.55. The second kappa shape index (κ2) is 6.75. The molecule has 3 rings (SSSR count). The number of hydrogen-bond acceptors (Lipinski definition) is 5. The van der Waals surface area contributed by atoms with Gasteiger partial charge in [-0.2, -0.15) is 0 Å². The number of ether oxygens (including phenoxy) is 1. The Morgan fingerprint density at radius 1 is 1.18 bits per heavy atom. The average molecular weight is 301 g/mol. The lowest BCUT2D eigenvalue weighted by Gasteiger charge is -2.25. The Balaban J connectivity index is 1.64. The monoisotopic (exact) mass is 301 g/mol.